The Morgan fingerprint density at radius 2 is 1.78 bits per heavy atom. The number of nitrogens with zero attached hydrogens (tertiary/aromatic N) is 3. The summed E-state index contributed by atoms with van der Waals surface area (Å²) in [4.78, 5) is 26.8. The van der Waals surface area contributed by atoms with Gasteiger partial charge in [-0.25, -0.2) is 0 Å². The molecule has 2 aromatic carbocycles. The monoisotopic (exact) mass is 370 g/mol. The molecule has 1 N–H and O–H groups in total. The maximum absolute atomic E-state index is 12.3. The van der Waals surface area contributed by atoms with Gasteiger partial charge in [0.05, 0.1) is 11.5 Å². The molecule has 144 valence electrons. The maximum Gasteiger partial charge on any atom is 0.270 e. The summed E-state index contributed by atoms with van der Waals surface area (Å²) in [5.74, 6) is -0.167. The van der Waals surface area contributed by atoms with Gasteiger partial charge in [-0.05, 0) is 31.8 Å². The molecule has 2 rings (SSSR count). The third-order valence-corrected chi connectivity index (χ3v) is 4.42. The fraction of sp³-hybridized carbons (Fsp3) is 0.350. The SMILES string of the molecule is CN(C)c1ccc(C(CNCC(=O)c2cccc([N+](=O)[O-])c2)N(C)C)cc1. The Hall–Kier alpha value is -2.77. The van der Waals surface area contributed by atoms with Crippen molar-refractivity contribution >= 4 is 17.2 Å². The Morgan fingerprint density at radius 1 is 1.11 bits per heavy atom. The lowest BCUT2D eigenvalue weighted by Crippen LogP contribution is -2.33. The van der Waals surface area contributed by atoms with E-state index < -0.39 is 4.92 Å². The number of hydrogen-bond donors (Lipinski definition) is 1. The van der Waals surface area contributed by atoms with Crippen LogP contribution in [-0.2, 0) is 0 Å². The summed E-state index contributed by atoms with van der Waals surface area (Å²) >= 11 is 0. The van der Waals surface area contributed by atoms with Gasteiger partial charge in [0.2, 0.25) is 0 Å². The van der Waals surface area contributed by atoms with E-state index in [0.29, 0.717) is 12.1 Å². The van der Waals surface area contributed by atoms with Crippen LogP contribution in [0.2, 0.25) is 0 Å². The van der Waals surface area contributed by atoms with Crippen LogP contribution in [0.25, 0.3) is 0 Å². The van der Waals surface area contributed by atoms with Crippen LogP contribution in [0.1, 0.15) is 22.0 Å². The van der Waals surface area contributed by atoms with Gasteiger partial charge in [0.25, 0.3) is 5.69 Å². The third kappa shape index (κ3) is 5.60. The van der Waals surface area contributed by atoms with Crippen molar-refractivity contribution in [2.45, 2.75) is 6.04 Å². The van der Waals surface area contributed by atoms with E-state index in [2.05, 4.69) is 34.5 Å². The van der Waals surface area contributed by atoms with Crippen LogP contribution in [0, 0.1) is 10.1 Å². The zero-order chi connectivity index (χ0) is 20.0. The van der Waals surface area contributed by atoms with Gasteiger partial charge in [-0.3, -0.25) is 14.9 Å². The predicted molar refractivity (Wildman–Crippen MR) is 107 cm³/mol. The minimum atomic E-state index is -0.496. The smallest absolute Gasteiger partial charge is 0.270 e. The maximum atomic E-state index is 12.3. The van der Waals surface area contributed by atoms with Crippen molar-refractivity contribution in [3.63, 3.8) is 0 Å². The number of carbonyl (C=O) groups excluding carboxylic acids is 1. The first kappa shape index (κ1) is 20.5. The van der Waals surface area contributed by atoms with Crippen LogP contribution < -0.4 is 10.2 Å². The van der Waals surface area contributed by atoms with Crippen molar-refractivity contribution in [3.8, 4) is 0 Å². The quantitative estimate of drug-likeness (QED) is 0.415. The van der Waals surface area contributed by atoms with Gasteiger partial charge in [0.1, 0.15) is 0 Å². The number of ketones is 1. The molecule has 0 saturated heterocycles. The topological polar surface area (TPSA) is 78.7 Å². The highest BCUT2D eigenvalue weighted by Gasteiger charge is 2.16. The number of nitro groups is 1. The normalized spacial score (nSPS) is 12.0. The summed E-state index contributed by atoms with van der Waals surface area (Å²) in [6.45, 7) is 0.719. The van der Waals surface area contributed by atoms with E-state index in [-0.39, 0.29) is 24.1 Å². The molecule has 1 unspecified atom stereocenters. The minimum Gasteiger partial charge on any atom is -0.378 e. The van der Waals surface area contributed by atoms with Crippen LogP contribution in [0.15, 0.2) is 48.5 Å². The Balaban J connectivity index is 1.99. The lowest BCUT2D eigenvalue weighted by molar-refractivity contribution is -0.384. The van der Waals surface area contributed by atoms with Crippen molar-refractivity contribution in [2.75, 3.05) is 46.2 Å². The van der Waals surface area contributed by atoms with Crippen LogP contribution in [0.4, 0.5) is 11.4 Å². The van der Waals surface area contributed by atoms with E-state index in [4.69, 9.17) is 0 Å². The summed E-state index contributed by atoms with van der Waals surface area (Å²) in [7, 11) is 7.99. The number of carbonyl (C=O) groups is 1. The van der Waals surface area contributed by atoms with E-state index in [1.54, 1.807) is 6.07 Å². The molecule has 0 aliphatic carbocycles. The van der Waals surface area contributed by atoms with Gasteiger partial charge in [-0.2, -0.15) is 0 Å². The number of non-ortho nitro benzene ring substituents is 1. The van der Waals surface area contributed by atoms with E-state index in [0.717, 1.165) is 11.3 Å². The standard InChI is InChI=1S/C20H26N4O3/c1-22(2)17-10-8-15(9-11-17)19(23(3)4)13-21-14-20(25)16-6-5-7-18(12-16)24(26)27/h5-12,19,21H,13-14H2,1-4H3. The summed E-state index contributed by atoms with van der Waals surface area (Å²) in [5, 5.41) is 14.0. The number of rotatable bonds is 9. The van der Waals surface area contributed by atoms with Crippen molar-refractivity contribution < 1.29 is 9.72 Å². The first-order valence-corrected chi connectivity index (χ1v) is 8.71. The predicted octanol–water partition coefficient (Wildman–Crippen LogP) is 2.74. The molecular weight excluding hydrogens is 344 g/mol. The molecule has 0 radical (unpaired) electrons. The van der Waals surface area contributed by atoms with Crippen molar-refractivity contribution in [1.29, 1.82) is 0 Å². The van der Waals surface area contributed by atoms with E-state index in [9.17, 15) is 14.9 Å². The number of likely N-dealkylation sites (N-methyl/N-ethyl adjacent to an activating group) is 1. The van der Waals surface area contributed by atoms with Crippen LogP contribution in [0.5, 0.6) is 0 Å². The van der Waals surface area contributed by atoms with Gasteiger partial charge in [0, 0.05) is 50.1 Å². The Bertz CT molecular complexity index is 788. The van der Waals surface area contributed by atoms with E-state index in [1.165, 1.54) is 18.2 Å². The van der Waals surface area contributed by atoms with Crippen molar-refractivity contribution in [2.24, 2.45) is 0 Å². The molecule has 0 bridgehead atoms. The molecule has 0 amide bonds. The molecule has 0 aliphatic rings. The highest BCUT2D eigenvalue weighted by Crippen LogP contribution is 2.21. The van der Waals surface area contributed by atoms with E-state index >= 15 is 0 Å². The average Bonchev–Trinajstić information content (AvgIpc) is 2.65. The number of Topliss-reactive ketones (excluding diaryl/α,β-unsaturated/α-hetero) is 1. The molecule has 0 spiro atoms. The van der Waals surface area contributed by atoms with Gasteiger partial charge in [-0.1, -0.05) is 24.3 Å². The number of hydrogen-bond acceptors (Lipinski definition) is 6. The minimum absolute atomic E-state index is 0.0759. The molecule has 7 heteroatoms. The summed E-state index contributed by atoms with van der Waals surface area (Å²) < 4.78 is 0. The van der Waals surface area contributed by atoms with Gasteiger partial charge in [0.15, 0.2) is 5.78 Å². The molecule has 7 nitrogen and oxygen atoms in total. The average molecular weight is 370 g/mol. The van der Waals surface area contributed by atoms with Crippen LogP contribution in [0.3, 0.4) is 0 Å². The fourth-order valence-electron chi connectivity index (χ4n) is 2.81. The van der Waals surface area contributed by atoms with Crippen molar-refractivity contribution in [1.82, 2.24) is 10.2 Å². The number of nitro benzene ring substituents is 1. The fourth-order valence-corrected chi connectivity index (χ4v) is 2.81. The summed E-state index contributed by atoms with van der Waals surface area (Å²) in [6.07, 6.45) is 0. The molecule has 0 fully saturated rings. The molecule has 2 aromatic rings. The Kier molecular flexibility index (Phi) is 7.04. The third-order valence-electron chi connectivity index (χ3n) is 4.42. The zero-order valence-corrected chi connectivity index (χ0v) is 16.2. The summed E-state index contributed by atoms with van der Waals surface area (Å²) in [5.41, 5.74) is 2.55. The molecule has 0 heterocycles. The van der Waals surface area contributed by atoms with E-state index in [1.807, 2.05) is 33.1 Å². The van der Waals surface area contributed by atoms with Crippen molar-refractivity contribution in [3.05, 3.63) is 69.8 Å². The second-order valence-corrected chi connectivity index (χ2v) is 6.83. The van der Waals surface area contributed by atoms with Crippen LogP contribution >= 0.6 is 0 Å². The number of benzene rings is 2. The lowest BCUT2D eigenvalue weighted by Gasteiger charge is -2.25. The Labute approximate surface area is 159 Å². The van der Waals surface area contributed by atoms with Gasteiger partial charge < -0.3 is 15.1 Å². The highest BCUT2D eigenvalue weighted by atomic mass is 16.6. The summed E-state index contributed by atoms with van der Waals surface area (Å²) in [6, 6.07) is 14.2. The second kappa shape index (κ2) is 9.25. The zero-order valence-electron chi connectivity index (χ0n) is 16.2. The molecule has 0 aromatic heterocycles. The second-order valence-electron chi connectivity index (χ2n) is 6.83. The first-order chi connectivity index (χ1) is 12.8. The van der Waals surface area contributed by atoms with Crippen LogP contribution in [-0.4, -0.2) is 56.9 Å². The molecule has 27 heavy (non-hydrogen) atoms. The van der Waals surface area contributed by atoms with Gasteiger partial charge >= 0.3 is 0 Å². The highest BCUT2D eigenvalue weighted by molar-refractivity contribution is 5.98. The number of nitrogens with one attached hydrogen (secondary N) is 1. The first-order valence-electron chi connectivity index (χ1n) is 8.71. The van der Waals surface area contributed by atoms with Gasteiger partial charge in [-0.15, -0.1) is 0 Å². The molecule has 1 atom stereocenters. The molecule has 0 aliphatic heterocycles. The molecular formula is C20H26N4O3. The Morgan fingerprint density at radius 3 is 2.33 bits per heavy atom. The molecule has 0 saturated carbocycles. The largest absolute Gasteiger partial charge is 0.378 e. The lowest BCUT2D eigenvalue weighted by atomic mass is 10.0. The number of anilines is 1.